The molecule has 1 aliphatic rings. The lowest BCUT2D eigenvalue weighted by Gasteiger charge is -2.24. The van der Waals surface area contributed by atoms with Crippen LogP contribution in [0.15, 0.2) is 29.3 Å². The summed E-state index contributed by atoms with van der Waals surface area (Å²) in [5, 5.41) is 0. The summed E-state index contributed by atoms with van der Waals surface area (Å²) in [5.41, 5.74) is 2.35. The van der Waals surface area contributed by atoms with E-state index in [9.17, 15) is 0 Å². The van der Waals surface area contributed by atoms with Crippen LogP contribution < -0.4 is 0 Å². The lowest BCUT2D eigenvalue weighted by molar-refractivity contribution is 0.0721. The molecule has 98 valence electrons. The van der Waals surface area contributed by atoms with E-state index in [-0.39, 0.29) is 0 Å². The van der Waals surface area contributed by atoms with Crippen molar-refractivity contribution < 1.29 is 4.74 Å². The minimum Gasteiger partial charge on any atom is -0.361 e. The molecule has 18 heavy (non-hydrogen) atoms. The van der Waals surface area contributed by atoms with Crippen molar-refractivity contribution in [3.63, 3.8) is 0 Å². The molecule has 1 aromatic rings. The number of ether oxygens (including phenoxy) is 1. The molecule has 1 heterocycles. The molecule has 0 atom stereocenters. The summed E-state index contributed by atoms with van der Waals surface area (Å²) in [6, 6.07) is 9.48. The Morgan fingerprint density at radius 2 is 2.06 bits per heavy atom. The standard InChI is InChI=1S/C14H22N2OSi/c1-18(2,3)9-8-17-12-16-10-13-6-4-5-7-14(13)15-11-16/h4-7,11H,8-10,12H2,1-3H3. The third kappa shape index (κ3) is 3.96. The first-order valence-corrected chi connectivity index (χ1v) is 10.2. The number of nitrogens with zero attached hydrogens (tertiary/aromatic N) is 2. The predicted molar refractivity (Wildman–Crippen MR) is 79.1 cm³/mol. The molecule has 0 N–H and O–H groups in total. The van der Waals surface area contributed by atoms with Crippen LogP contribution in [-0.4, -0.2) is 32.7 Å². The molecule has 2 rings (SSSR count). The Morgan fingerprint density at radius 1 is 1.28 bits per heavy atom. The second-order valence-corrected chi connectivity index (χ2v) is 11.6. The fourth-order valence-electron chi connectivity index (χ4n) is 1.81. The normalized spacial score (nSPS) is 14.7. The average Bonchev–Trinajstić information content (AvgIpc) is 2.33. The molecule has 3 nitrogen and oxygen atoms in total. The monoisotopic (exact) mass is 262 g/mol. The highest BCUT2D eigenvalue weighted by Gasteiger charge is 2.14. The van der Waals surface area contributed by atoms with Crippen molar-refractivity contribution in [2.75, 3.05) is 13.3 Å². The van der Waals surface area contributed by atoms with Crippen molar-refractivity contribution in [1.82, 2.24) is 4.90 Å². The van der Waals surface area contributed by atoms with E-state index in [2.05, 4.69) is 47.7 Å². The molecule has 0 saturated heterocycles. The molecular formula is C14H22N2OSi. The Labute approximate surface area is 110 Å². The van der Waals surface area contributed by atoms with Gasteiger partial charge in [0.25, 0.3) is 0 Å². The molecule has 0 radical (unpaired) electrons. The molecule has 0 spiro atoms. The SMILES string of the molecule is C[Si](C)(C)CCOCN1C=Nc2ccccc2C1. The molecule has 0 saturated carbocycles. The van der Waals surface area contributed by atoms with Crippen molar-refractivity contribution in [2.45, 2.75) is 32.2 Å². The van der Waals surface area contributed by atoms with Crippen LogP contribution in [0.2, 0.25) is 25.7 Å². The van der Waals surface area contributed by atoms with E-state index in [4.69, 9.17) is 4.74 Å². The van der Waals surface area contributed by atoms with E-state index in [1.54, 1.807) is 0 Å². The van der Waals surface area contributed by atoms with Crippen LogP contribution in [0.1, 0.15) is 5.56 Å². The van der Waals surface area contributed by atoms with Gasteiger partial charge in [0.2, 0.25) is 0 Å². The molecule has 0 amide bonds. The van der Waals surface area contributed by atoms with Gasteiger partial charge in [0.15, 0.2) is 0 Å². The summed E-state index contributed by atoms with van der Waals surface area (Å²) in [4.78, 5) is 6.55. The largest absolute Gasteiger partial charge is 0.361 e. The highest BCUT2D eigenvalue weighted by molar-refractivity contribution is 6.76. The summed E-state index contributed by atoms with van der Waals surface area (Å²) in [7, 11) is -0.979. The minimum atomic E-state index is -0.979. The van der Waals surface area contributed by atoms with Gasteiger partial charge in [-0.1, -0.05) is 37.8 Å². The minimum absolute atomic E-state index is 0.641. The van der Waals surface area contributed by atoms with Gasteiger partial charge in [-0.3, -0.25) is 0 Å². The number of rotatable bonds is 5. The van der Waals surface area contributed by atoms with Gasteiger partial charge in [-0.2, -0.15) is 0 Å². The Bertz CT molecular complexity index is 426. The third-order valence-electron chi connectivity index (χ3n) is 2.98. The van der Waals surface area contributed by atoms with Crippen LogP contribution in [0.5, 0.6) is 0 Å². The van der Waals surface area contributed by atoms with E-state index in [0.29, 0.717) is 6.73 Å². The summed E-state index contributed by atoms with van der Waals surface area (Å²) in [6.07, 6.45) is 1.89. The number of fused-ring (bicyclic) bond motifs is 1. The van der Waals surface area contributed by atoms with Crippen molar-refractivity contribution in [1.29, 1.82) is 0 Å². The molecule has 0 bridgehead atoms. The molecule has 0 fully saturated rings. The van der Waals surface area contributed by atoms with Gasteiger partial charge in [0.05, 0.1) is 12.0 Å². The van der Waals surface area contributed by atoms with Gasteiger partial charge >= 0.3 is 0 Å². The highest BCUT2D eigenvalue weighted by atomic mass is 28.3. The van der Waals surface area contributed by atoms with Gasteiger partial charge in [-0.05, 0) is 17.7 Å². The summed E-state index contributed by atoms with van der Waals surface area (Å²) in [5.74, 6) is 0. The van der Waals surface area contributed by atoms with Crippen molar-refractivity contribution in [3.05, 3.63) is 29.8 Å². The number of hydrogen-bond acceptors (Lipinski definition) is 3. The van der Waals surface area contributed by atoms with Gasteiger partial charge in [0.1, 0.15) is 6.73 Å². The Balaban J connectivity index is 1.77. The van der Waals surface area contributed by atoms with Crippen molar-refractivity contribution in [2.24, 2.45) is 4.99 Å². The van der Waals surface area contributed by atoms with Gasteiger partial charge in [-0.25, -0.2) is 4.99 Å². The molecule has 4 heteroatoms. The maximum absolute atomic E-state index is 5.73. The summed E-state index contributed by atoms with van der Waals surface area (Å²) in [6.45, 7) is 9.51. The zero-order valence-electron chi connectivity index (χ0n) is 11.5. The van der Waals surface area contributed by atoms with Gasteiger partial charge in [0, 0.05) is 21.2 Å². The third-order valence-corrected chi connectivity index (χ3v) is 4.68. The average molecular weight is 262 g/mol. The topological polar surface area (TPSA) is 24.8 Å². The fourth-order valence-corrected chi connectivity index (χ4v) is 2.57. The number of hydrogen-bond donors (Lipinski definition) is 0. The second-order valence-electron chi connectivity index (χ2n) is 5.97. The number of para-hydroxylation sites is 1. The van der Waals surface area contributed by atoms with Crippen LogP contribution in [-0.2, 0) is 11.3 Å². The molecule has 1 aliphatic heterocycles. The smallest absolute Gasteiger partial charge is 0.119 e. The number of aliphatic imine (C=N–C) groups is 1. The lowest BCUT2D eigenvalue weighted by Crippen LogP contribution is -2.28. The highest BCUT2D eigenvalue weighted by Crippen LogP contribution is 2.23. The van der Waals surface area contributed by atoms with Crippen molar-refractivity contribution >= 4 is 20.1 Å². The maximum Gasteiger partial charge on any atom is 0.119 e. The first-order valence-electron chi connectivity index (χ1n) is 6.48. The summed E-state index contributed by atoms with van der Waals surface area (Å²) >= 11 is 0. The van der Waals surface area contributed by atoms with Gasteiger partial charge < -0.3 is 9.64 Å². The molecule has 1 aromatic carbocycles. The van der Waals surface area contributed by atoms with Crippen molar-refractivity contribution in [3.8, 4) is 0 Å². The van der Waals surface area contributed by atoms with E-state index in [0.717, 1.165) is 18.8 Å². The van der Waals surface area contributed by atoms with Crippen LogP contribution in [0.25, 0.3) is 0 Å². The van der Waals surface area contributed by atoms with E-state index in [1.807, 2.05) is 12.4 Å². The first kappa shape index (κ1) is 13.3. The maximum atomic E-state index is 5.73. The van der Waals surface area contributed by atoms with Gasteiger partial charge in [-0.15, -0.1) is 0 Å². The Morgan fingerprint density at radius 3 is 2.83 bits per heavy atom. The predicted octanol–water partition coefficient (Wildman–Crippen LogP) is 3.47. The quantitative estimate of drug-likeness (QED) is 0.599. The Kier molecular flexibility index (Phi) is 4.19. The zero-order valence-corrected chi connectivity index (χ0v) is 12.5. The lowest BCUT2D eigenvalue weighted by atomic mass is 10.1. The molecule has 0 unspecified atom stereocenters. The van der Waals surface area contributed by atoms with E-state index >= 15 is 0 Å². The van der Waals surface area contributed by atoms with E-state index in [1.165, 1.54) is 11.6 Å². The van der Waals surface area contributed by atoms with Crippen LogP contribution >= 0.6 is 0 Å². The second kappa shape index (κ2) is 5.67. The summed E-state index contributed by atoms with van der Waals surface area (Å²) < 4.78 is 5.73. The zero-order chi connectivity index (χ0) is 13.0. The molecular weight excluding hydrogens is 240 g/mol. The molecule has 0 aliphatic carbocycles. The fraction of sp³-hybridized carbons (Fsp3) is 0.500. The first-order chi connectivity index (χ1) is 8.54. The molecule has 0 aromatic heterocycles. The van der Waals surface area contributed by atoms with E-state index < -0.39 is 8.07 Å². The number of benzene rings is 1. The van der Waals surface area contributed by atoms with Crippen LogP contribution in [0, 0.1) is 0 Å². The Hall–Kier alpha value is -1.13. The van der Waals surface area contributed by atoms with Crippen LogP contribution in [0.3, 0.4) is 0 Å². The van der Waals surface area contributed by atoms with Crippen LogP contribution in [0.4, 0.5) is 5.69 Å².